The number of ether oxygens (including phenoxy) is 1. The predicted molar refractivity (Wildman–Crippen MR) is 64.9 cm³/mol. The van der Waals surface area contributed by atoms with E-state index in [2.05, 4.69) is 4.98 Å². The van der Waals surface area contributed by atoms with E-state index in [9.17, 15) is 0 Å². The van der Waals surface area contributed by atoms with Gasteiger partial charge in [0.25, 0.3) is 0 Å². The van der Waals surface area contributed by atoms with Crippen LogP contribution in [0.2, 0.25) is 5.02 Å². The lowest BCUT2D eigenvalue weighted by Gasteiger charge is -2.08. The smallest absolute Gasteiger partial charge is 0.242 e. The van der Waals surface area contributed by atoms with Crippen molar-refractivity contribution in [3.8, 4) is 17.7 Å². The zero-order valence-corrected chi connectivity index (χ0v) is 9.48. The summed E-state index contributed by atoms with van der Waals surface area (Å²) in [4.78, 5) is 3.96. The maximum atomic E-state index is 8.68. The molecule has 4 nitrogen and oxygen atoms in total. The molecule has 2 rings (SSSR count). The third-order valence-electron chi connectivity index (χ3n) is 2.05. The molecule has 2 aromatic rings. The first-order valence-electron chi connectivity index (χ1n) is 4.78. The van der Waals surface area contributed by atoms with Gasteiger partial charge in [-0.25, -0.2) is 4.98 Å². The molecule has 0 bridgehead atoms. The maximum absolute atomic E-state index is 8.68. The van der Waals surface area contributed by atoms with Crippen molar-refractivity contribution >= 4 is 17.3 Å². The number of nitrogen functional groups attached to an aromatic ring is 1. The van der Waals surface area contributed by atoms with Crippen molar-refractivity contribution < 1.29 is 4.74 Å². The van der Waals surface area contributed by atoms with E-state index in [4.69, 9.17) is 27.3 Å². The summed E-state index contributed by atoms with van der Waals surface area (Å²) in [5, 5.41) is 9.15. The van der Waals surface area contributed by atoms with Gasteiger partial charge in [-0.1, -0.05) is 23.7 Å². The number of aromatic nitrogens is 1. The molecule has 2 N–H and O–H groups in total. The molecule has 0 saturated heterocycles. The largest absolute Gasteiger partial charge is 0.436 e. The summed E-state index contributed by atoms with van der Waals surface area (Å²) in [7, 11) is 0. The SMILES string of the molecule is N#Cc1cnc(Oc2ccccc2Cl)c(N)c1. The summed E-state index contributed by atoms with van der Waals surface area (Å²) in [5.74, 6) is 0.704. The Balaban J connectivity index is 2.32. The number of pyridine rings is 1. The van der Waals surface area contributed by atoms with E-state index in [0.29, 0.717) is 22.0 Å². The number of hydrogen-bond acceptors (Lipinski definition) is 4. The molecule has 0 aliphatic heterocycles. The Hall–Kier alpha value is -2.25. The molecule has 0 radical (unpaired) electrons. The normalized spacial score (nSPS) is 9.65. The fourth-order valence-corrected chi connectivity index (χ4v) is 1.42. The second-order valence-corrected chi connectivity index (χ2v) is 3.67. The van der Waals surface area contributed by atoms with Gasteiger partial charge in [-0.3, -0.25) is 0 Å². The molecule has 5 heteroatoms. The van der Waals surface area contributed by atoms with Crippen LogP contribution in [0.5, 0.6) is 11.6 Å². The Morgan fingerprint density at radius 1 is 1.35 bits per heavy atom. The highest BCUT2D eigenvalue weighted by Gasteiger charge is 2.07. The first-order valence-corrected chi connectivity index (χ1v) is 5.16. The maximum Gasteiger partial charge on any atom is 0.242 e. The van der Waals surface area contributed by atoms with Gasteiger partial charge >= 0.3 is 0 Å². The van der Waals surface area contributed by atoms with Gasteiger partial charge in [-0.05, 0) is 18.2 Å². The van der Waals surface area contributed by atoms with Gasteiger partial charge in [0.2, 0.25) is 5.88 Å². The Morgan fingerprint density at radius 3 is 2.76 bits per heavy atom. The standard InChI is InChI=1S/C12H8ClN3O/c13-9-3-1-2-4-11(9)17-12-10(15)5-8(6-14)7-16-12/h1-5,7H,15H2. The fourth-order valence-electron chi connectivity index (χ4n) is 1.25. The van der Waals surface area contributed by atoms with E-state index in [-0.39, 0.29) is 5.88 Å². The van der Waals surface area contributed by atoms with Gasteiger partial charge in [0, 0.05) is 6.20 Å². The number of nitrogens with two attached hydrogens (primary N) is 1. The van der Waals surface area contributed by atoms with Gasteiger partial charge < -0.3 is 10.5 Å². The van der Waals surface area contributed by atoms with Crippen molar-refractivity contribution in [1.29, 1.82) is 5.26 Å². The number of anilines is 1. The van der Waals surface area contributed by atoms with Gasteiger partial charge in [0.05, 0.1) is 16.3 Å². The van der Waals surface area contributed by atoms with Crippen LogP contribution in [-0.4, -0.2) is 4.98 Å². The summed E-state index contributed by atoms with van der Waals surface area (Å²) in [6.07, 6.45) is 1.39. The second kappa shape index (κ2) is 4.73. The van der Waals surface area contributed by atoms with Gasteiger partial charge in [0.15, 0.2) is 0 Å². The minimum Gasteiger partial charge on any atom is -0.436 e. The summed E-state index contributed by atoms with van der Waals surface area (Å²) in [6, 6.07) is 10.4. The Bertz CT molecular complexity index is 593. The highest BCUT2D eigenvalue weighted by molar-refractivity contribution is 6.32. The molecule has 17 heavy (non-hydrogen) atoms. The minimum atomic E-state index is 0.233. The number of halogens is 1. The summed E-state index contributed by atoms with van der Waals surface area (Å²) < 4.78 is 5.46. The zero-order chi connectivity index (χ0) is 12.3. The summed E-state index contributed by atoms with van der Waals surface area (Å²) in [6.45, 7) is 0. The van der Waals surface area contributed by atoms with Crippen LogP contribution in [0.1, 0.15) is 5.56 Å². The second-order valence-electron chi connectivity index (χ2n) is 3.26. The number of nitrogens with zero attached hydrogens (tertiary/aromatic N) is 2. The van der Waals surface area contributed by atoms with Crippen molar-refractivity contribution in [1.82, 2.24) is 4.98 Å². The zero-order valence-electron chi connectivity index (χ0n) is 8.72. The number of rotatable bonds is 2. The lowest BCUT2D eigenvalue weighted by molar-refractivity contribution is 0.466. The Kier molecular flexibility index (Phi) is 3.12. The molecule has 1 aromatic carbocycles. The quantitative estimate of drug-likeness (QED) is 0.883. The number of nitriles is 1. The summed E-state index contributed by atoms with van der Waals surface area (Å²) in [5.41, 5.74) is 6.39. The third kappa shape index (κ3) is 2.47. The molecule has 0 saturated carbocycles. The molecular weight excluding hydrogens is 238 g/mol. The van der Waals surface area contributed by atoms with Crippen LogP contribution in [0.3, 0.4) is 0 Å². The van der Waals surface area contributed by atoms with Gasteiger partial charge in [0.1, 0.15) is 11.8 Å². The molecule has 0 amide bonds. The molecule has 0 unspecified atom stereocenters. The molecular formula is C12H8ClN3O. The van der Waals surface area contributed by atoms with Crippen LogP contribution in [0, 0.1) is 11.3 Å². The molecule has 0 fully saturated rings. The molecule has 0 aliphatic carbocycles. The van der Waals surface area contributed by atoms with E-state index < -0.39 is 0 Å². The highest BCUT2D eigenvalue weighted by atomic mass is 35.5. The number of hydrogen-bond donors (Lipinski definition) is 1. The average molecular weight is 246 g/mol. The monoisotopic (exact) mass is 245 g/mol. The lowest BCUT2D eigenvalue weighted by atomic mass is 10.3. The van der Waals surface area contributed by atoms with Crippen LogP contribution < -0.4 is 10.5 Å². The summed E-state index contributed by atoms with van der Waals surface area (Å²) >= 11 is 5.94. The van der Waals surface area contributed by atoms with Crippen molar-refractivity contribution in [2.45, 2.75) is 0 Å². The Labute approximate surface area is 103 Å². The predicted octanol–water partition coefficient (Wildman–Crippen LogP) is 2.98. The van der Waals surface area contributed by atoms with Gasteiger partial charge in [-0.2, -0.15) is 5.26 Å². The van der Waals surface area contributed by atoms with E-state index in [1.54, 1.807) is 24.3 Å². The van der Waals surface area contributed by atoms with E-state index in [1.807, 2.05) is 6.07 Å². The topological polar surface area (TPSA) is 71.9 Å². The first-order chi connectivity index (χ1) is 8.20. The van der Waals surface area contributed by atoms with Crippen LogP contribution in [-0.2, 0) is 0 Å². The van der Waals surface area contributed by atoms with Crippen molar-refractivity contribution in [2.24, 2.45) is 0 Å². The molecule has 0 aliphatic rings. The van der Waals surface area contributed by atoms with E-state index >= 15 is 0 Å². The molecule has 0 atom stereocenters. The molecule has 84 valence electrons. The lowest BCUT2D eigenvalue weighted by Crippen LogP contribution is -1.96. The van der Waals surface area contributed by atoms with Crippen LogP contribution in [0.25, 0.3) is 0 Å². The first kappa shape index (κ1) is 11.2. The van der Waals surface area contributed by atoms with Crippen LogP contribution in [0.15, 0.2) is 36.5 Å². The molecule has 1 heterocycles. The average Bonchev–Trinajstić information content (AvgIpc) is 2.34. The van der Waals surface area contributed by atoms with Crippen LogP contribution in [0.4, 0.5) is 5.69 Å². The minimum absolute atomic E-state index is 0.233. The van der Waals surface area contributed by atoms with Crippen LogP contribution >= 0.6 is 11.6 Å². The van der Waals surface area contributed by atoms with E-state index in [0.717, 1.165) is 0 Å². The Morgan fingerprint density at radius 2 is 2.12 bits per heavy atom. The molecule has 1 aromatic heterocycles. The van der Waals surface area contributed by atoms with E-state index in [1.165, 1.54) is 12.3 Å². The van der Waals surface area contributed by atoms with Crippen molar-refractivity contribution in [3.05, 3.63) is 47.1 Å². The number of benzene rings is 1. The van der Waals surface area contributed by atoms with Crippen molar-refractivity contribution in [2.75, 3.05) is 5.73 Å². The van der Waals surface area contributed by atoms with Crippen molar-refractivity contribution in [3.63, 3.8) is 0 Å². The highest BCUT2D eigenvalue weighted by Crippen LogP contribution is 2.30. The number of para-hydroxylation sites is 1. The molecule has 0 spiro atoms. The van der Waals surface area contributed by atoms with Gasteiger partial charge in [-0.15, -0.1) is 0 Å². The third-order valence-corrected chi connectivity index (χ3v) is 2.36. The fraction of sp³-hybridized carbons (Fsp3) is 0.